The minimum absolute atomic E-state index is 0.122. The maximum atomic E-state index is 12.9. The third kappa shape index (κ3) is 5.31. The van der Waals surface area contributed by atoms with E-state index < -0.39 is 10.0 Å². The van der Waals surface area contributed by atoms with Crippen molar-refractivity contribution in [1.82, 2.24) is 19.1 Å². The SMILES string of the molecule is Cc1ccc(S(=O)(=O)N2CCN(CC(=O)N3CCCN(c4nc(C)cs4)CC3)CC2)cc1. The van der Waals surface area contributed by atoms with Crippen LogP contribution in [0.3, 0.4) is 0 Å². The summed E-state index contributed by atoms with van der Waals surface area (Å²) in [7, 11) is -3.49. The first-order valence-electron chi connectivity index (χ1n) is 11.1. The number of carbonyl (C=O) groups is 1. The minimum atomic E-state index is -3.49. The standard InChI is InChI=1S/C22H31N5O3S2/c1-18-4-6-20(7-5-18)32(29,30)27-14-10-24(11-15-27)16-21(28)25-8-3-9-26(13-12-25)22-23-19(2)17-31-22/h4-7,17H,3,8-16H2,1-2H3. The van der Waals surface area contributed by atoms with Crippen LogP contribution in [0.1, 0.15) is 17.7 Å². The van der Waals surface area contributed by atoms with Crippen molar-refractivity contribution in [2.24, 2.45) is 0 Å². The molecule has 0 radical (unpaired) electrons. The Morgan fingerprint density at radius 1 is 0.969 bits per heavy atom. The van der Waals surface area contributed by atoms with Crippen molar-refractivity contribution in [2.75, 3.05) is 63.8 Å². The molecule has 4 rings (SSSR count). The molecule has 0 aliphatic carbocycles. The van der Waals surface area contributed by atoms with Gasteiger partial charge in [-0.1, -0.05) is 17.7 Å². The van der Waals surface area contributed by atoms with Crippen molar-refractivity contribution in [3.8, 4) is 0 Å². The maximum absolute atomic E-state index is 12.9. The molecule has 1 amide bonds. The minimum Gasteiger partial charge on any atom is -0.346 e. The van der Waals surface area contributed by atoms with Crippen molar-refractivity contribution in [2.45, 2.75) is 25.2 Å². The Morgan fingerprint density at radius 3 is 2.34 bits per heavy atom. The summed E-state index contributed by atoms with van der Waals surface area (Å²) in [6.45, 7) is 9.36. The van der Waals surface area contributed by atoms with Gasteiger partial charge in [-0.3, -0.25) is 9.69 Å². The predicted octanol–water partition coefficient (Wildman–Crippen LogP) is 1.81. The number of carbonyl (C=O) groups excluding carboxylic acids is 1. The van der Waals surface area contributed by atoms with Crippen LogP contribution < -0.4 is 4.90 Å². The van der Waals surface area contributed by atoms with Gasteiger partial charge in [-0.25, -0.2) is 13.4 Å². The van der Waals surface area contributed by atoms with E-state index in [4.69, 9.17) is 0 Å². The van der Waals surface area contributed by atoms with E-state index in [9.17, 15) is 13.2 Å². The lowest BCUT2D eigenvalue weighted by atomic mass is 10.2. The van der Waals surface area contributed by atoms with Crippen LogP contribution in [-0.4, -0.2) is 92.3 Å². The molecule has 0 saturated carbocycles. The van der Waals surface area contributed by atoms with Gasteiger partial charge in [0.1, 0.15) is 0 Å². The van der Waals surface area contributed by atoms with Gasteiger partial charge in [-0.2, -0.15) is 4.31 Å². The van der Waals surface area contributed by atoms with Gasteiger partial charge in [-0.15, -0.1) is 11.3 Å². The molecule has 2 fully saturated rings. The Bertz CT molecular complexity index is 1030. The number of hydrogen-bond acceptors (Lipinski definition) is 7. The lowest BCUT2D eigenvalue weighted by Crippen LogP contribution is -2.51. The first kappa shape index (κ1) is 23.2. The molecule has 10 heteroatoms. The van der Waals surface area contributed by atoms with E-state index in [-0.39, 0.29) is 5.91 Å². The third-order valence-electron chi connectivity index (χ3n) is 6.07. The van der Waals surface area contributed by atoms with Crippen molar-refractivity contribution in [1.29, 1.82) is 0 Å². The highest BCUT2D eigenvalue weighted by molar-refractivity contribution is 7.89. The number of piperazine rings is 1. The molecule has 3 heterocycles. The molecule has 0 spiro atoms. The largest absolute Gasteiger partial charge is 0.346 e. The number of benzene rings is 1. The van der Waals surface area contributed by atoms with Crippen LogP contribution >= 0.6 is 11.3 Å². The van der Waals surface area contributed by atoms with Gasteiger partial charge < -0.3 is 9.80 Å². The van der Waals surface area contributed by atoms with Crippen molar-refractivity contribution >= 4 is 32.4 Å². The summed E-state index contributed by atoms with van der Waals surface area (Å²) in [6, 6.07) is 6.96. The number of aryl methyl sites for hydroxylation is 2. The summed E-state index contributed by atoms with van der Waals surface area (Å²) in [5.74, 6) is 0.122. The van der Waals surface area contributed by atoms with Crippen LogP contribution in [-0.2, 0) is 14.8 Å². The Morgan fingerprint density at radius 2 is 1.69 bits per heavy atom. The Kier molecular flexibility index (Phi) is 7.14. The second-order valence-corrected chi connectivity index (χ2v) is 11.3. The van der Waals surface area contributed by atoms with Gasteiger partial charge in [0.15, 0.2) is 5.13 Å². The summed E-state index contributed by atoms with van der Waals surface area (Å²) in [4.78, 5) is 24.1. The highest BCUT2D eigenvalue weighted by Gasteiger charge is 2.30. The van der Waals surface area contributed by atoms with E-state index >= 15 is 0 Å². The van der Waals surface area contributed by atoms with E-state index in [0.717, 1.165) is 42.4 Å². The molecule has 2 saturated heterocycles. The highest BCUT2D eigenvalue weighted by atomic mass is 32.2. The number of rotatable bonds is 5. The summed E-state index contributed by atoms with van der Waals surface area (Å²) in [5.41, 5.74) is 2.07. The Balaban J connectivity index is 1.27. The van der Waals surface area contributed by atoms with Gasteiger partial charge in [-0.05, 0) is 32.4 Å². The number of sulfonamides is 1. The zero-order valence-electron chi connectivity index (χ0n) is 18.7. The Hall–Kier alpha value is -2.01. The van der Waals surface area contributed by atoms with Crippen LogP contribution in [0.2, 0.25) is 0 Å². The number of hydrogen-bond donors (Lipinski definition) is 0. The normalized spacial score (nSPS) is 19.2. The highest BCUT2D eigenvalue weighted by Crippen LogP contribution is 2.22. The molecule has 2 aliphatic heterocycles. The lowest BCUT2D eigenvalue weighted by Gasteiger charge is -2.34. The molecule has 2 aliphatic rings. The number of thiazole rings is 1. The van der Waals surface area contributed by atoms with Gasteiger partial charge >= 0.3 is 0 Å². The van der Waals surface area contributed by atoms with E-state index in [1.807, 2.05) is 30.9 Å². The van der Waals surface area contributed by atoms with Crippen LogP contribution in [0.15, 0.2) is 34.5 Å². The summed E-state index contributed by atoms with van der Waals surface area (Å²) in [5, 5.41) is 3.09. The quantitative estimate of drug-likeness (QED) is 0.654. The molecule has 0 unspecified atom stereocenters. The molecule has 8 nitrogen and oxygen atoms in total. The number of amides is 1. The molecule has 2 aromatic rings. The molecule has 1 aromatic heterocycles. The first-order valence-corrected chi connectivity index (χ1v) is 13.4. The van der Waals surface area contributed by atoms with Crippen LogP contribution in [0.25, 0.3) is 0 Å². The first-order chi connectivity index (χ1) is 15.3. The fourth-order valence-corrected chi connectivity index (χ4v) is 6.40. The molecule has 174 valence electrons. The van der Waals surface area contributed by atoms with E-state index in [2.05, 4.69) is 20.2 Å². The molecule has 0 atom stereocenters. The fourth-order valence-electron chi connectivity index (χ4n) is 4.12. The van der Waals surface area contributed by atoms with Crippen molar-refractivity contribution in [3.63, 3.8) is 0 Å². The van der Waals surface area contributed by atoms with E-state index in [1.165, 1.54) is 4.31 Å². The topological polar surface area (TPSA) is 77.1 Å². The Labute approximate surface area is 194 Å². The van der Waals surface area contributed by atoms with Gasteiger partial charge in [0.2, 0.25) is 15.9 Å². The molecule has 0 N–H and O–H groups in total. The van der Waals surface area contributed by atoms with Crippen molar-refractivity contribution < 1.29 is 13.2 Å². The number of nitrogens with zero attached hydrogens (tertiary/aromatic N) is 5. The number of aromatic nitrogens is 1. The molecular formula is C22H31N5O3S2. The average Bonchev–Trinajstić information content (AvgIpc) is 3.06. The van der Waals surface area contributed by atoms with Crippen molar-refractivity contribution in [3.05, 3.63) is 40.9 Å². The van der Waals surface area contributed by atoms with Crippen LogP contribution in [0, 0.1) is 13.8 Å². The average molecular weight is 478 g/mol. The molecule has 0 bridgehead atoms. The van der Waals surface area contributed by atoms with E-state index in [0.29, 0.717) is 44.2 Å². The fraction of sp³-hybridized carbons (Fsp3) is 0.545. The smallest absolute Gasteiger partial charge is 0.243 e. The summed E-state index contributed by atoms with van der Waals surface area (Å²) >= 11 is 1.65. The third-order valence-corrected chi connectivity index (χ3v) is 9.01. The molecular weight excluding hydrogens is 446 g/mol. The van der Waals surface area contributed by atoms with Gasteiger partial charge in [0, 0.05) is 57.7 Å². The molecule has 32 heavy (non-hydrogen) atoms. The maximum Gasteiger partial charge on any atom is 0.243 e. The predicted molar refractivity (Wildman–Crippen MR) is 127 cm³/mol. The van der Waals surface area contributed by atoms with Gasteiger partial charge in [0.25, 0.3) is 0 Å². The monoisotopic (exact) mass is 477 g/mol. The second-order valence-electron chi connectivity index (χ2n) is 8.49. The zero-order chi connectivity index (χ0) is 22.7. The lowest BCUT2D eigenvalue weighted by molar-refractivity contribution is -0.132. The number of anilines is 1. The van der Waals surface area contributed by atoms with E-state index in [1.54, 1.807) is 23.5 Å². The molecule has 1 aromatic carbocycles. The van der Waals surface area contributed by atoms with Gasteiger partial charge in [0.05, 0.1) is 17.1 Å². The van der Waals surface area contributed by atoms with Crippen LogP contribution in [0.4, 0.5) is 5.13 Å². The zero-order valence-corrected chi connectivity index (χ0v) is 20.4. The van der Waals surface area contributed by atoms with Crippen LogP contribution in [0.5, 0.6) is 0 Å². The summed E-state index contributed by atoms with van der Waals surface area (Å²) in [6.07, 6.45) is 0.924. The summed E-state index contributed by atoms with van der Waals surface area (Å²) < 4.78 is 27.3. The second kappa shape index (κ2) is 9.86.